The van der Waals surface area contributed by atoms with Crippen LogP contribution < -0.4 is 30.2 Å². The number of urea groups is 1. The summed E-state index contributed by atoms with van der Waals surface area (Å²) in [4.78, 5) is 50.4. The largest absolute Gasteiger partial charge is 0.490 e. The molecule has 1 aliphatic heterocycles. The molecule has 10 nitrogen and oxygen atoms in total. The fourth-order valence-corrected chi connectivity index (χ4v) is 3.38. The molecule has 0 saturated carbocycles. The molecule has 11 heteroatoms. The highest BCUT2D eigenvalue weighted by Gasteiger charge is 2.37. The van der Waals surface area contributed by atoms with Crippen LogP contribution in [0.25, 0.3) is 6.08 Å². The molecule has 3 N–H and O–H groups in total. The minimum absolute atomic E-state index is 0.167. The van der Waals surface area contributed by atoms with Crippen molar-refractivity contribution < 1.29 is 33.4 Å². The SMILES string of the molecule is CCCOc1ccc(N2C(=O)NC(=O)/C(=C\c3cc(Cl)ccc3OCC(N)=O)C2=O)cc1OCC. The zero-order chi connectivity index (χ0) is 25.5. The molecule has 35 heavy (non-hydrogen) atoms. The first-order valence-electron chi connectivity index (χ1n) is 10.8. The van der Waals surface area contributed by atoms with E-state index in [1.54, 1.807) is 13.0 Å². The Morgan fingerprint density at radius 2 is 1.77 bits per heavy atom. The molecule has 1 heterocycles. The maximum absolute atomic E-state index is 13.3. The average Bonchev–Trinajstić information content (AvgIpc) is 2.80. The molecule has 0 bridgehead atoms. The van der Waals surface area contributed by atoms with Crippen molar-refractivity contribution in [3.05, 3.63) is 52.6 Å². The normalized spacial score (nSPS) is 14.7. The van der Waals surface area contributed by atoms with Gasteiger partial charge in [0.2, 0.25) is 0 Å². The van der Waals surface area contributed by atoms with Crippen LogP contribution in [-0.2, 0) is 14.4 Å². The van der Waals surface area contributed by atoms with E-state index in [0.717, 1.165) is 11.3 Å². The molecule has 0 aromatic heterocycles. The molecule has 0 aliphatic carbocycles. The Hall–Kier alpha value is -4.05. The van der Waals surface area contributed by atoms with E-state index in [0.29, 0.717) is 29.7 Å². The number of halogens is 1. The van der Waals surface area contributed by atoms with Crippen molar-refractivity contribution in [3.8, 4) is 17.2 Å². The monoisotopic (exact) mass is 501 g/mol. The maximum Gasteiger partial charge on any atom is 0.335 e. The molecule has 2 aromatic rings. The third-order valence-corrected chi connectivity index (χ3v) is 4.93. The molecule has 3 rings (SSSR count). The lowest BCUT2D eigenvalue weighted by atomic mass is 10.1. The molecular weight excluding hydrogens is 478 g/mol. The maximum atomic E-state index is 13.3. The van der Waals surface area contributed by atoms with E-state index in [9.17, 15) is 19.2 Å². The zero-order valence-corrected chi connectivity index (χ0v) is 19.9. The number of imide groups is 2. The van der Waals surface area contributed by atoms with Crippen LogP contribution in [0.15, 0.2) is 42.0 Å². The minimum atomic E-state index is -0.918. The van der Waals surface area contributed by atoms with Crippen LogP contribution in [0, 0.1) is 0 Å². The third kappa shape index (κ3) is 6.10. The first kappa shape index (κ1) is 25.6. The van der Waals surface area contributed by atoms with Crippen LogP contribution in [0.2, 0.25) is 5.02 Å². The Kier molecular flexibility index (Phi) is 8.32. The topological polar surface area (TPSA) is 137 Å². The molecule has 2 aromatic carbocycles. The van der Waals surface area contributed by atoms with Gasteiger partial charge in [0.15, 0.2) is 18.1 Å². The second-order valence-electron chi connectivity index (χ2n) is 7.31. The smallest absolute Gasteiger partial charge is 0.335 e. The predicted molar refractivity (Wildman–Crippen MR) is 129 cm³/mol. The van der Waals surface area contributed by atoms with Crippen molar-refractivity contribution >= 4 is 47.1 Å². The van der Waals surface area contributed by atoms with Gasteiger partial charge in [-0.15, -0.1) is 0 Å². The molecule has 1 aliphatic rings. The third-order valence-electron chi connectivity index (χ3n) is 4.69. The van der Waals surface area contributed by atoms with Gasteiger partial charge in [-0.05, 0) is 49.8 Å². The van der Waals surface area contributed by atoms with Crippen molar-refractivity contribution in [1.82, 2.24) is 5.32 Å². The molecule has 0 unspecified atom stereocenters. The molecule has 0 radical (unpaired) electrons. The minimum Gasteiger partial charge on any atom is -0.490 e. The highest BCUT2D eigenvalue weighted by atomic mass is 35.5. The summed E-state index contributed by atoms with van der Waals surface area (Å²) < 4.78 is 16.6. The number of barbiturate groups is 1. The Morgan fingerprint density at radius 3 is 2.46 bits per heavy atom. The lowest BCUT2D eigenvalue weighted by molar-refractivity contribution is -0.123. The predicted octanol–water partition coefficient (Wildman–Crippen LogP) is 3.06. The van der Waals surface area contributed by atoms with Crippen LogP contribution >= 0.6 is 11.6 Å². The summed E-state index contributed by atoms with van der Waals surface area (Å²) in [6.45, 7) is 4.12. The van der Waals surface area contributed by atoms with Crippen molar-refractivity contribution in [3.63, 3.8) is 0 Å². The van der Waals surface area contributed by atoms with E-state index in [1.807, 2.05) is 6.92 Å². The van der Waals surface area contributed by atoms with E-state index < -0.39 is 30.4 Å². The molecule has 0 spiro atoms. The summed E-state index contributed by atoms with van der Waals surface area (Å²) in [5, 5.41) is 2.45. The fourth-order valence-electron chi connectivity index (χ4n) is 3.20. The van der Waals surface area contributed by atoms with Gasteiger partial charge in [-0.25, -0.2) is 9.69 Å². The number of hydrogen-bond acceptors (Lipinski definition) is 7. The number of nitrogens with zero attached hydrogens (tertiary/aromatic N) is 1. The van der Waals surface area contributed by atoms with Crippen LogP contribution in [0.3, 0.4) is 0 Å². The summed E-state index contributed by atoms with van der Waals surface area (Å²) in [6.07, 6.45) is 2.01. The molecule has 184 valence electrons. The van der Waals surface area contributed by atoms with Crippen molar-refractivity contribution in [2.45, 2.75) is 20.3 Å². The fraction of sp³-hybridized carbons (Fsp3) is 0.250. The molecule has 0 atom stereocenters. The first-order valence-corrected chi connectivity index (χ1v) is 11.1. The van der Waals surface area contributed by atoms with E-state index in [-0.39, 0.29) is 22.6 Å². The van der Waals surface area contributed by atoms with Gasteiger partial charge in [0, 0.05) is 16.7 Å². The lowest BCUT2D eigenvalue weighted by Crippen LogP contribution is -2.54. The van der Waals surface area contributed by atoms with E-state index in [1.165, 1.54) is 36.4 Å². The zero-order valence-electron chi connectivity index (χ0n) is 19.1. The number of nitrogens with two attached hydrogens (primary N) is 1. The standard InChI is InChI=1S/C24H24ClN3O7/c1-3-9-34-19-8-6-16(12-20(19)33-4-2)28-23(31)17(22(30)27-24(28)32)11-14-10-15(25)5-7-18(14)35-13-21(26)29/h5-8,10-12H,3-4,9,13H2,1-2H3,(H2,26,29)(H,27,30,32)/b17-11+. The van der Waals surface area contributed by atoms with Crippen molar-refractivity contribution in [2.75, 3.05) is 24.7 Å². The highest BCUT2D eigenvalue weighted by Crippen LogP contribution is 2.34. The van der Waals surface area contributed by atoms with Gasteiger partial charge >= 0.3 is 6.03 Å². The van der Waals surface area contributed by atoms with Gasteiger partial charge in [0.25, 0.3) is 17.7 Å². The second kappa shape index (κ2) is 11.4. The number of amides is 5. The number of hydrogen-bond donors (Lipinski definition) is 2. The Morgan fingerprint density at radius 1 is 1.03 bits per heavy atom. The average molecular weight is 502 g/mol. The van der Waals surface area contributed by atoms with Gasteiger partial charge < -0.3 is 19.9 Å². The van der Waals surface area contributed by atoms with Gasteiger partial charge in [-0.1, -0.05) is 18.5 Å². The van der Waals surface area contributed by atoms with Crippen molar-refractivity contribution in [2.24, 2.45) is 5.73 Å². The number of rotatable bonds is 10. The highest BCUT2D eigenvalue weighted by molar-refractivity contribution is 6.39. The van der Waals surface area contributed by atoms with Crippen LogP contribution in [0.5, 0.6) is 17.2 Å². The van der Waals surface area contributed by atoms with Gasteiger partial charge in [0.05, 0.1) is 18.9 Å². The van der Waals surface area contributed by atoms with Crippen LogP contribution in [0.1, 0.15) is 25.8 Å². The van der Waals surface area contributed by atoms with E-state index in [2.05, 4.69) is 5.32 Å². The van der Waals surface area contributed by atoms with Gasteiger partial charge in [-0.3, -0.25) is 19.7 Å². The number of benzene rings is 2. The summed E-state index contributed by atoms with van der Waals surface area (Å²) >= 11 is 6.06. The summed E-state index contributed by atoms with van der Waals surface area (Å²) in [5.74, 6) is -1.50. The number of anilines is 1. The first-order chi connectivity index (χ1) is 16.7. The Bertz CT molecular complexity index is 1200. The number of carbonyl (C=O) groups excluding carboxylic acids is 4. The molecular formula is C24H24ClN3O7. The summed E-state index contributed by atoms with van der Waals surface area (Å²) in [6, 6.07) is 8.09. The lowest BCUT2D eigenvalue weighted by Gasteiger charge is -2.27. The summed E-state index contributed by atoms with van der Waals surface area (Å²) in [5.41, 5.74) is 5.20. The summed E-state index contributed by atoms with van der Waals surface area (Å²) in [7, 11) is 0. The quantitative estimate of drug-likeness (QED) is 0.377. The van der Waals surface area contributed by atoms with E-state index >= 15 is 0 Å². The van der Waals surface area contributed by atoms with Gasteiger partial charge in [0.1, 0.15) is 11.3 Å². The number of ether oxygens (including phenoxy) is 3. The number of primary amides is 1. The second-order valence-corrected chi connectivity index (χ2v) is 7.74. The van der Waals surface area contributed by atoms with Gasteiger partial charge in [-0.2, -0.15) is 0 Å². The van der Waals surface area contributed by atoms with E-state index in [4.69, 9.17) is 31.5 Å². The Labute approximate surface area is 206 Å². The van der Waals surface area contributed by atoms with Crippen LogP contribution in [-0.4, -0.2) is 43.6 Å². The van der Waals surface area contributed by atoms with Crippen LogP contribution in [0.4, 0.5) is 10.5 Å². The number of carbonyl (C=O) groups is 4. The molecule has 5 amide bonds. The molecule has 1 saturated heterocycles. The molecule has 1 fully saturated rings. The number of nitrogens with one attached hydrogen (secondary N) is 1. The Balaban J connectivity index is 2.00. The van der Waals surface area contributed by atoms with Crippen molar-refractivity contribution in [1.29, 1.82) is 0 Å².